The summed E-state index contributed by atoms with van der Waals surface area (Å²) < 4.78 is 1.57. The van der Waals surface area contributed by atoms with E-state index in [0.717, 1.165) is 11.0 Å². The Morgan fingerprint density at radius 3 is 2.12 bits per heavy atom. The highest BCUT2D eigenvalue weighted by Gasteiger charge is 2.37. The molecule has 0 aliphatic heterocycles. The number of para-hydroxylation sites is 2. The highest BCUT2D eigenvalue weighted by Crippen LogP contribution is 2.43. The monoisotopic (exact) mass is 422 g/mol. The van der Waals surface area contributed by atoms with Gasteiger partial charge in [-0.2, -0.15) is 0 Å². The summed E-state index contributed by atoms with van der Waals surface area (Å²) in [5.41, 5.74) is 2.19. The molecule has 32 heavy (non-hydrogen) atoms. The predicted molar refractivity (Wildman–Crippen MR) is 115 cm³/mol. The molecule has 8 heteroatoms. The average Bonchev–Trinajstić information content (AvgIpc) is 3.24. The summed E-state index contributed by atoms with van der Waals surface area (Å²) in [5, 5.41) is 21.9. The van der Waals surface area contributed by atoms with Crippen LogP contribution in [0, 0.1) is 0 Å². The number of ketones is 2. The van der Waals surface area contributed by atoms with Crippen LogP contribution < -0.4 is 0 Å². The number of phenols is 2. The number of carbonyl (C=O) groups is 2. The zero-order chi connectivity index (χ0) is 22.0. The Bertz CT molecular complexity index is 1620. The van der Waals surface area contributed by atoms with Gasteiger partial charge in [0.05, 0.1) is 46.9 Å². The van der Waals surface area contributed by atoms with Crippen molar-refractivity contribution in [2.24, 2.45) is 0 Å². The molecule has 1 aliphatic rings. The van der Waals surface area contributed by atoms with Crippen LogP contribution in [-0.2, 0) is 6.54 Å². The minimum Gasteiger partial charge on any atom is -0.505 e. The van der Waals surface area contributed by atoms with Crippen molar-refractivity contribution in [1.82, 2.24) is 19.5 Å². The molecule has 2 N–H and O–H groups in total. The van der Waals surface area contributed by atoms with E-state index in [1.165, 1.54) is 18.5 Å². The number of benzene rings is 3. The predicted octanol–water partition coefficient (Wildman–Crippen LogP) is 3.21. The first-order chi connectivity index (χ1) is 15.5. The van der Waals surface area contributed by atoms with Gasteiger partial charge >= 0.3 is 0 Å². The second-order valence-electron chi connectivity index (χ2n) is 7.57. The van der Waals surface area contributed by atoms with Crippen molar-refractivity contribution in [2.45, 2.75) is 6.54 Å². The Hall–Kier alpha value is -4.59. The molecule has 154 valence electrons. The van der Waals surface area contributed by atoms with Crippen LogP contribution in [0.1, 0.15) is 37.5 Å². The summed E-state index contributed by atoms with van der Waals surface area (Å²) in [7, 11) is 0. The summed E-state index contributed by atoms with van der Waals surface area (Å²) >= 11 is 0. The van der Waals surface area contributed by atoms with Crippen LogP contribution in [0.2, 0.25) is 0 Å². The van der Waals surface area contributed by atoms with Gasteiger partial charge in [-0.1, -0.05) is 36.4 Å². The number of aromatic nitrogens is 4. The van der Waals surface area contributed by atoms with E-state index in [1.54, 1.807) is 22.9 Å². The van der Waals surface area contributed by atoms with Gasteiger partial charge in [0.1, 0.15) is 11.0 Å². The quantitative estimate of drug-likeness (QED) is 0.411. The molecule has 0 saturated heterocycles. The number of carbonyl (C=O) groups excluding carboxylic acids is 2. The number of hydrogen-bond donors (Lipinski definition) is 2. The van der Waals surface area contributed by atoms with Gasteiger partial charge in [0.15, 0.2) is 23.1 Å². The van der Waals surface area contributed by atoms with Crippen molar-refractivity contribution in [3.05, 3.63) is 89.0 Å². The minimum absolute atomic E-state index is 0.0375. The summed E-state index contributed by atoms with van der Waals surface area (Å²) in [5.74, 6) is -1.88. The van der Waals surface area contributed by atoms with E-state index in [0.29, 0.717) is 5.69 Å². The lowest BCUT2D eigenvalue weighted by molar-refractivity contribution is 0.0974. The first kappa shape index (κ1) is 18.2. The number of rotatable bonds is 2. The fourth-order valence-electron chi connectivity index (χ4n) is 4.23. The smallest absolute Gasteiger partial charge is 0.198 e. The highest BCUT2D eigenvalue weighted by atomic mass is 16.3. The van der Waals surface area contributed by atoms with Gasteiger partial charge in [0, 0.05) is 11.1 Å². The highest BCUT2D eigenvalue weighted by molar-refractivity contribution is 6.32. The maximum atomic E-state index is 13.1. The Morgan fingerprint density at radius 2 is 1.41 bits per heavy atom. The molecule has 6 rings (SSSR count). The molecular formula is C24H14N4O4. The van der Waals surface area contributed by atoms with Crippen molar-refractivity contribution in [3.8, 4) is 11.5 Å². The fraction of sp³-hybridized carbons (Fsp3) is 0.0417. The molecule has 5 aromatic rings. The Morgan fingerprint density at radius 1 is 0.781 bits per heavy atom. The zero-order valence-electron chi connectivity index (χ0n) is 16.5. The molecule has 0 unspecified atom stereocenters. The van der Waals surface area contributed by atoms with Gasteiger partial charge in [0.25, 0.3) is 0 Å². The SMILES string of the molecule is O=C1c2ccccc2C(=O)c2c1c(O)c1ncn(Cc3cnc4ccccc4n3)c1c2O. The molecule has 8 nitrogen and oxygen atoms in total. The van der Waals surface area contributed by atoms with Gasteiger partial charge in [-0.05, 0) is 12.1 Å². The zero-order valence-corrected chi connectivity index (χ0v) is 16.5. The Balaban J connectivity index is 1.54. The maximum absolute atomic E-state index is 13.1. The molecule has 3 aromatic carbocycles. The second-order valence-corrected chi connectivity index (χ2v) is 7.57. The van der Waals surface area contributed by atoms with Crippen LogP contribution in [0.3, 0.4) is 0 Å². The van der Waals surface area contributed by atoms with Crippen LogP contribution in [0.5, 0.6) is 11.5 Å². The molecule has 0 bridgehead atoms. The molecule has 0 fully saturated rings. The van der Waals surface area contributed by atoms with Gasteiger partial charge in [-0.3, -0.25) is 14.6 Å². The molecule has 0 radical (unpaired) electrons. The van der Waals surface area contributed by atoms with E-state index in [9.17, 15) is 19.8 Å². The van der Waals surface area contributed by atoms with Crippen molar-refractivity contribution >= 4 is 33.6 Å². The van der Waals surface area contributed by atoms with Crippen molar-refractivity contribution in [2.75, 3.05) is 0 Å². The van der Waals surface area contributed by atoms with E-state index in [-0.39, 0.29) is 39.8 Å². The molecule has 0 atom stereocenters. The topological polar surface area (TPSA) is 118 Å². The second kappa shape index (κ2) is 6.45. The normalized spacial score (nSPS) is 12.9. The molecule has 0 saturated carbocycles. The maximum Gasteiger partial charge on any atom is 0.198 e. The van der Waals surface area contributed by atoms with E-state index >= 15 is 0 Å². The summed E-state index contributed by atoms with van der Waals surface area (Å²) in [6.45, 7) is 0.193. The number of nitrogens with zero attached hydrogens (tertiary/aromatic N) is 4. The van der Waals surface area contributed by atoms with Crippen LogP contribution in [0.25, 0.3) is 22.1 Å². The summed E-state index contributed by atoms with van der Waals surface area (Å²) in [6.07, 6.45) is 3.04. The van der Waals surface area contributed by atoms with Crippen molar-refractivity contribution < 1.29 is 19.8 Å². The van der Waals surface area contributed by atoms with Gasteiger partial charge in [-0.15, -0.1) is 0 Å². The van der Waals surface area contributed by atoms with Crippen LogP contribution in [0.15, 0.2) is 61.1 Å². The van der Waals surface area contributed by atoms with Gasteiger partial charge < -0.3 is 14.8 Å². The molecule has 2 heterocycles. The molecule has 0 amide bonds. The summed E-state index contributed by atoms with van der Waals surface area (Å²) in [6, 6.07) is 13.8. The van der Waals surface area contributed by atoms with Crippen LogP contribution in [0.4, 0.5) is 0 Å². The molecule has 2 aromatic heterocycles. The third-order valence-electron chi connectivity index (χ3n) is 5.71. The minimum atomic E-state index is -0.528. The third kappa shape index (κ3) is 2.40. The average molecular weight is 422 g/mol. The Labute approximate surface area is 180 Å². The first-order valence-corrected chi connectivity index (χ1v) is 9.86. The third-order valence-corrected chi connectivity index (χ3v) is 5.71. The van der Waals surface area contributed by atoms with E-state index in [2.05, 4.69) is 15.0 Å². The van der Waals surface area contributed by atoms with Crippen LogP contribution in [-0.4, -0.2) is 41.3 Å². The van der Waals surface area contributed by atoms with Gasteiger partial charge in [-0.25, -0.2) is 9.97 Å². The number of phenolic OH excluding ortho intramolecular Hbond substituents is 2. The van der Waals surface area contributed by atoms with Crippen molar-refractivity contribution in [1.29, 1.82) is 0 Å². The molecular weight excluding hydrogens is 408 g/mol. The lowest BCUT2D eigenvalue weighted by Gasteiger charge is -2.20. The molecule has 1 aliphatic carbocycles. The number of aromatic hydroxyl groups is 2. The standard InChI is InChI=1S/C24H14N4O4/c29-21-13-5-1-2-6-14(13)22(30)18-17(21)23(31)19-20(24(18)32)28(11-26-19)10-12-9-25-15-7-3-4-8-16(15)27-12/h1-9,11,31-32H,10H2. The van der Waals surface area contributed by atoms with Crippen molar-refractivity contribution in [3.63, 3.8) is 0 Å². The lowest BCUT2D eigenvalue weighted by atomic mass is 9.82. The van der Waals surface area contributed by atoms with Gasteiger partial charge in [0.2, 0.25) is 0 Å². The number of fused-ring (bicyclic) bond motifs is 4. The van der Waals surface area contributed by atoms with E-state index < -0.39 is 23.1 Å². The number of imidazole rings is 1. The first-order valence-electron chi connectivity index (χ1n) is 9.86. The van der Waals surface area contributed by atoms with Crippen LogP contribution >= 0.6 is 0 Å². The fourth-order valence-corrected chi connectivity index (χ4v) is 4.23. The van der Waals surface area contributed by atoms with E-state index in [4.69, 9.17) is 0 Å². The Kier molecular flexibility index (Phi) is 3.67. The lowest BCUT2D eigenvalue weighted by Crippen LogP contribution is -2.21. The summed E-state index contributed by atoms with van der Waals surface area (Å²) in [4.78, 5) is 39.3. The van der Waals surface area contributed by atoms with E-state index in [1.807, 2.05) is 24.3 Å². The number of hydrogen-bond acceptors (Lipinski definition) is 7. The largest absolute Gasteiger partial charge is 0.505 e. The molecule has 0 spiro atoms.